The van der Waals surface area contributed by atoms with Gasteiger partial charge in [-0.3, -0.25) is 4.79 Å². The topological polar surface area (TPSA) is 307 Å². The first-order chi connectivity index (χ1) is 47.3. The molecule has 0 aromatic carbocycles. The molecule has 97 heavy (non-hydrogen) atoms. The van der Waals surface area contributed by atoms with Gasteiger partial charge >= 0.3 is 0 Å². The van der Waals surface area contributed by atoms with E-state index in [0.29, 0.717) is 12.8 Å². The zero-order chi connectivity index (χ0) is 70.4. The molecule has 0 aromatic heterocycles. The number of carbonyl (C=O) groups is 1. The minimum atomic E-state index is -1.98. The van der Waals surface area contributed by atoms with Gasteiger partial charge in [-0.15, -0.1) is 0 Å². The lowest BCUT2D eigenvalue weighted by molar-refractivity contribution is -0.379. The third-order valence-electron chi connectivity index (χ3n) is 18.7. The number of allylic oxidation sites excluding steroid dienone is 13. The van der Waals surface area contributed by atoms with E-state index < -0.39 is 124 Å². The van der Waals surface area contributed by atoms with Crippen molar-refractivity contribution in [1.82, 2.24) is 5.32 Å². The first-order valence-corrected chi connectivity index (χ1v) is 38.3. The molecule has 0 aromatic rings. The Hall–Kier alpha value is -3.03. The standard InChI is InChI=1S/C78H137NO18/c1-3-5-7-9-11-13-15-17-19-20-21-22-23-24-25-26-27-28-29-30-31-32-33-34-35-36-37-38-39-40-42-44-46-48-50-52-54-56-66(84)79-61(62(83)55-53-51-49-47-45-43-41-18-16-14-12-10-8-6-4-2)60-92-76-72(90)69(87)74(64(58-81)94-76)97-78-73(91)70(88)75(65(59-82)95-78)96-77-71(89)68(86)67(85)63(57-80)93-77/h5,7,11,13,16-19,21-22,45,47,53,55,61-65,67-78,80-83,85-91H,3-4,6,8-10,12,14-15,20,23-44,46,48-52,54,56-60H2,1-2H3,(H,79,84)/b7-5-,13-11-,18-16+,19-17-,22-21-,47-45+,55-53+. The molecule has 3 fully saturated rings. The summed E-state index contributed by atoms with van der Waals surface area (Å²) in [6.07, 6.45) is 50.2. The van der Waals surface area contributed by atoms with Gasteiger partial charge in [-0.05, 0) is 83.5 Å². The van der Waals surface area contributed by atoms with Gasteiger partial charge in [-0.25, -0.2) is 0 Å². The normalized spacial score (nSPS) is 27.4. The van der Waals surface area contributed by atoms with Crippen LogP contribution in [0.25, 0.3) is 0 Å². The maximum atomic E-state index is 13.4. The van der Waals surface area contributed by atoms with Crippen LogP contribution in [-0.2, 0) is 33.2 Å². The Labute approximate surface area is 584 Å². The number of rotatable bonds is 59. The number of hydrogen-bond donors (Lipinski definition) is 12. The minimum absolute atomic E-state index is 0.232. The molecule has 3 heterocycles. The van der Waals surface area contributed by atoms with Crippen molar-refractivity contribution in [2.45, 2.75) is 375 Å². The minimum Gasteiger partial charge on any atom is -0.394 e. The Morgan fingerprint density at radius 2 is 0.722 bits per heavy atom. The lowest BCUT2D eigenvalue weighted by Gasteiger charge is -2.48. The molecule has 3 aliphatic heterocycles. The van der Waals surface area contributed by atoms with E-state index in [2.05, 4.69) is 92.1 Å². The summed E-state index contributed by atoms with van der Waals surface area (Å²) in [4.78, 5) is 13.4. The molecule has 0 saturated carbocycles. The Kier molecular flexibility index (Phi) is 53.2. The zero-order valence-electron chi connectivity index (χ0n) is 59.8. The summed E-state index contributed by atoms with van der Waals surface area (Å²) in [6, 6.07) is -0.998. The van der Waals surface area contributed by atoms with Crippen molar-refractivity contribution in [2.24, 2.45) is 0 Å². The van der Waals surface area contributed by atoms with Gasteiger partial charge in [0.05, 0.1) is 38.6 Å². The van der Waals surface area contributed by atoms with Crippen LogP contribution >= 0.6 is 0 Å². The summed E-state index contributed by atoms with van der Waals surface area (Å²) in [6.45, 7) is 1.58. The van der Waals surface area contributed by atoms with Crippen LogP contribution in [-0.4, -0.2) is 193 Å². The molecular weight excluding hydrogens is 1240 g/mol. The summed E-state index contributed by atoms with van der Waals surface area (Å²) in [7, 11) is 0. The lowest BCUT2D eigenvalue weighted by Crippen LogP contribution is -2.66. The van der Waals surface area contributed by atoms with Gasteiger partial charge in [-0.2, -0.15) is 0 Å². The van der Waals surface area contributed by atoms with Crippen LogP contribution in [0.2, 0.25) is 0 Å². The molecule has 17 atom stereocenters. The highest BCUT2D eigenvalue weighted by Gasteiger charge is 2.53. The molecule has 12 N–H and O–H groups in total. The van der Waals surface area contributed by atoms with Crippen molar-refractivity contribution >= 4 is 5.91 Å². The first-order valence-electron chi connectivity index (χ1n) is 38.3. The number of carbonyl (C=O) groups excluding carboxylic acids is 1. The summed E-state index contributed by atoms with van der Waals surface area (Å²) in [5.41, 5.74) is 0. The Morgan fingerprint density at radius 1 is 0.381 bits per heavy atom. The van der Waals surface area contributed by atoms with Gasteiger partial charge in [0.1, 0.15) is 73.2 Å². The quantitative estimate of drug-likeness (QED) is 0.0199. The number of aliphatic hydroxyl groups excluding tert-OH is 11. The van der Waals surface area contributed by atoms with E-state index in [0.717, 1.165) is 70.6 Å². The fraction of sp³-hybridized carbons (Fsp3) is 0.808. The van der Waals surface area contributed by atoms with Gasteiger partial charge in [0.2, 0.25) is 5.91 Å². The van der Waals surface area contributed by atoms with E-state index in [9.17, 15) is 61.0 Å². The third kappa shape index (κ3) is 39.3. The zero-order valence-corrected chi connectivity index (χ0v) is 59.8. The Balaban J connectivity index is 1.32. The van der Waals surface area contributed by atoms with E-state index in [1.807, 2.05) is 6.08 Å². The number of amides is 1. The maximum absolute atomic E-state index is 13.4. The molecule has 0 radical (unpaired) electrons. The largest absolute Gasteiger partial charge is 0.394 e. The molecule has 19 heteroatoms. The molecule has 0 bridgehead atoms. The summed E-state index contributed by atoms with van der Waals surface area (Å²) >= 11 is 0. The van der Waals surface area contributed by atoms with Gasteiger partial charge < -0.3 is 89.9 Å². The molecule has 1 amide bonds. The highest BCUT2D eigenvalue weighted by Crippen LogP contribution is 2.33. The molecule has 19 nitrogen and oxygen atoms in total. The highest BCUT2D eigenvalue weighted by atomic mass is 16.8. The molecule has 562 valence electrons. The van der Waals surface area contributed by atoms with Gasteiger partial charge in [0.25, 0.3) is 0 Å². The predicted molar refractivity (Wildman–Crippen MR) is 383 cm³/mol. The average molecular weight is 1380 g/mol. The second kappa shape index (κ2) is 58.5. The fourth-order valence-corrected chi connectivity index (χ4v) is 12.5. The molecular formula is C78H137NO18. The van der Waals surface area contributed by atoms with Crippen LogP contribution in [0.4, 0.5) is 0 Å². The molecule has 3 aliphatic rings. The molecule has 3 saturated heterocycles. The van der Waals surface area contributed by atoms with Gasteiger partial charge in [-0.1, -0.05) is 266 Å². The molecule has 17 unspecified atom stereocenters. The van der Waals surface area contributed by atoms with E-state index in [1.165, 1.54) is 167 Å². The van der Waals surface area contributed by atoms with E-state index in [4.69, 9.17) is 28.4 Å². The molecule has 3 rings (SSSR count). The van der Waals surface area contributed by atoms with E-state index in [1.54, 1.807) is 6.08 Å². The smallest absolute Gasteiger partial charge is 0.220 e. The van der Waals surface area contributed by atoms with Crippen LogP contribution in [0.1, 0.15) is 271 Å². The van der Waals surface area contributed by atoms with Crippen LogP contribution in [0.5, 0.6) is 0 Å². The van der Waals surface area contributed by atoms with Crippen molar-refractivity contribution in [1.29, 1.82) is 0 Å². The van der Waals surface area contributed by atoms with Crippen molar-refractivity contribution in [3.05, 3.63) is 85.1 Å². The van der Waals surface area contributed by atoms with Crippen LogP contribution < -0.4 is 5.32 Å². The second-order valence-corrected chi connectivity index (χ2v) is 27.1. The fourth-order valence-electron chi connectivity index (χ4n) is 12.5. The predicted octanol–water partition coefficient (Wildman–Crippen LogP) is 11.8. The maximum Gasteiger partial charge on any atom is 0.220 e. The Bertz CT molecular complexity index is 2080. The van der Waals surface area contributed by atoms with Crippen LogP contribution in [0.3, 0.4) is 0 Å². The SMILES string of the molecule is CC/C=C\C/C=C\C/C=C\C/C=C\CCCCCCCCCCCCCCCCCCCCCCCCCCC(=O)NC(COC1OC(CO)C(OC2OC(CO)C(OC3OC(CO)C(O)C(O)C3O)C(O)C2O)C(O)C1O)C(O)/C=C/CC/C=C/CC/C=C/CCCCCCC. The number of nitrogens with one attached hydrogen (secondary N) is 1. The van der Waals surface area contributed by atoms with Crippen molar-refractivity contribution in [3.8, 4) is 0 Å². The molecule has 0 aliphatic carbocycles. The van der Waals surface area contributed by atoms with Gasteiger partial charge in [0, 0.05) is 6.42 Å². The first kappa shape index (κ1) is 88.2. The second-order valence-electron chi connectivity index (χ2n) is 27.1. The molecule has 0 spiro atoms. The van der Waals surface area contributed by atoms with Crippen molar-refractivity contribution in [2.75, 3.05) is 26.4 Å². The summed E-state index contributed by atoms with van der Waals surface area (Å²) in [5.74, 6) is -0.288. The number of hydrogen-bond acceptors (Lipinski definition) is 18. The third-order valence-corrected chi connectivity index (χ3v) is 18.7. The van der Waals surface area contributed by atoms with Gasteiger partial charge in [0.15, 0.2) is 18.9 Å². The summed E-state index contributed by atoms with van der Waals surface area (Å²) < 4.78 is 34.3. The highest BCUT2D eigenvalue weighted by molar-refractivity contribution is 5.76. The van der Waals surface area contributed by atoms with Crippen molar-refractivity contribution in [3.63, 3.8) is 0 Å². The van der Waals surface area contributed by atoms with Crippen LogP contribution in [0.15, 0.2) is 85.1 Å². The Morgan fingerprint density at radius 3 is 1.15 bits per heavy atom. The lowest BCUT2D eigenvalue weighted by atomic mass is 9.96. The average Bonchev–Trinajstić information content (AvgIpc) is 0.789. The van der Waals surface area contributed by atoms with Crippen LogP contribution in [0, 0.1) is 0 Å². The number of aliphatic hydroxyl groups is 11. The number of unbranched alkanes of at least 4 members (excludes halogenated alkanes) is 31. The van der Waals surface area contributed by atoms with Crippen molar-refractivity contribution < 1.29 is 89.4 Å². The monoisotopic (exact) mass is 1380 g/mol. The number of ether oxygens (including phenoxy) is 6. The van der Waals surface area contributed by atoms with E-state index >= 15 is 0 Å². The summed E-state index contributed by atoms with van der Waals surface area (Å²) in [5, 5.41) is 121. The van der Waals surface area contributed by atoms with E-state index in [-0.39, 0.29) is 18.9 Å².